The fourth-order valence-corrected chi connectivity index (χ4v) is 3.91. The lowest BCUT2D eigenvalue weighted by molar-refractivity contribution is -0.127. The lowest BCUT2D eigenvalue weighted by Crippen LogP contribution is -2.50. The summed E-state index contributed by atoms with van der Waals surface area (Å²) in [5, 5.41) is 3.03. The van der Waals surface area contributed by atoms with Gasteiger partial charge in [0.25, 0.3) is 5.56 Å². The number of likely N-dealkylation sites (tertiary alicyclic amines) is 1. The molecular weight excluding hydrogens is 380 g/mol. The van der Waals surface area contributed by atoms with E-state index < -0.39 is 0 Å². The normalized spacial score (nSPS) is 16.6. The van der Waals surface area contributed by atoms with E-state index in [1.54, 1.807) is 18.5 Å². The third-order valence-corrected chi connectivity index (χ3v) is 5.43. The Bertz CT molecular complexity index is 955. The van der Waals surface area contributed by atoms with Gasteiger partial charge in [-0.25, -0.2) is 4.98 Å². The van der Waals surface area contributed by atoms with E-state index >= 15 is 0 Å². The third-order valence-electron chi connectivity index (χ3n) is 5.43. The zero-order valence-corrected chi connectivity index (χ0v) is 17.6. The van der Waals surface area contributed by atoms with Crippen LogP contribution in [-0.4, -0.2) is 60.0 Å². The standard InChI is InChI=1S/C22H30N6O2/c1-3-28(18-6-5-11-27(15-18)21(29)7-4-9-23)19-12-17(14-26-22(19)30)16-8-10-25-20(13-16)24-2/h4,7-8,10,12-14,18H,3,5-6,9,11,15,23H2,1-2H3,(H,24,25)(H,26,30)/b7-4+/t18-/m1/s1. The highest BCUT2D eigenvalue weighted by atomic mass is 16.2. The maximum atomic E-state index is 12.7. The van der Waals surface area contributed by atoms with Crippen LogP contribution < -0.4 is 21.5 Å². The van der Waals surface area contributed by atoms with E-state index in [1.165, 1.54) is 6.08 Å². The second kappa shape index (κ2) is 10.1. The van der Waals surface area contributed by atoms with Crippen LogP contribution in [-0.2, 0) is 4.79 Å². The van der Waals surface area contributed by atoms with Crippen molar-refractivity contribution in [1.29, 1.82) is 0 Å². The molecule has 0 spiro atoms. The first-order chi connectivity index (χ1) is 14.6. The van der Waals surface area contributed by atoms with Crippen molar-refractivity contribution in [2.45, 2.75) is 25.8 Å². The Morgan fingerprint density at radius 1 is 1.43 bits per heavy atom. The van der Waals surface area contributed by atoms with Crippen molar-refractivity contribution in [3.8, 4) is 11.1 Å². The third kappa shape index (κ3) is 4.88. The number of hydrogen-bond donors (Lipinski definition) is 3. The molecule has 0 radical (unpaired) electrons. The fraction of sp³-hybridized carbons (Fsp3) is 0.409. The van der Waals surface area contributed by atoms with Gasteiger partial charge in [0, 0.05) is 63.3 Å². The summed E-state index contributed by atoms with van der Waals surface area (Å²) in [6, 6.07) is 5.87. The Labute approximate surface area is 176 Å². The van der Waals surface area contributed by atoms with Crippen LogP contribution >= 0.6 is 0 Å². The lowest BCUT2D eigenvalue weighted by Gasteiger charge is -2.39. The van der Waals surface area contributed by atoms with Crippen molar-refractivity contribution in [1.82, 2.24) is 14.9 Å². The van der Waals surface area contributed by atoms with Gasteiger partial charge in [-0.1, -0.05) is 6.08 Å². The van der Waals surface area contributed by atoms with E-state index in [1.807, 2.05) is 37.1 Å². The van der Waals surface area contributed by atoms with Crippen LogP contribution in [0.15, 0.2) is 47.5 Å². The number of likely N-dealkylation sites (N-methyl/N-ethyl adjacent to an activating group) is 1. The highest BCUT2D eigenvalue weighted by molar-refractivity contribution is 5.87. The molecule has 3 heterocycles. The summed E-state index contributed by atoms with van der Waals surface area (Å²) in [5.41, 5.74) is 7.84. The summed E-state index contributed by atoms with van der Waals surface area (Å²) in [4.78, 5) is 36.2. The average Bonchev–Trinajstić information content (AvgIpc) is 2.79. The van der Waals surface area contributed by atoms with Crippen LogP contribution in [0, 0.1) is 0 Å². The molecule has 1 aliphatic heterocycles. The summed E-state index contributed by atoms with van der Waals surface area (Å²) >= 11 is 0. The minimum Gasteiger partial charge on any atom is -0.373 e. The van der Waals surface area contributed by atoms with Crippen LogP contribution in [0.5, 0.6) is 0 Å². The molecular formula is C22H30N6O2. The number of carbonyl (C=O) groups is 1. The summed E-state index contributed by atoms with van der Waals surface area (Å²) in [7, 11) is 1.82. The number of H-pyrrole nitrogens is 1. The number of aromatic amines is 1. The molecule has 1 fully saturated rings. The van der Waals surface area contributed by atoms with E-state index in [0.29, 0.717) is 25.3 Å². The molecule has 8 heteroatoms. The zero-order valence-electron chi connectivity index (χ0n) is 17.6. The number of hydrogen-bond acceptors (Lipinski definition) is 6. The predicted octanol–water partition coefficient (Wildman–Crippen LogP) is 1.81. The van der Waals surface area contributed by atoms with Crippen molar-refractivity contribution in [2.24, 2.45) is 5.73 Å². The second-order valence-corrected chi connectivity index (χ2v) is 7.29. The molecule has 1 atom stereocenters. The maximum absolute atomic E-state index is 12.7. The molecule has 0 saturated carbocycles. The van der Waals surface area contributed by atoms with E-state index in [2.05, 4.69) is 20.2 Å². The Kier molecular flexibility index (Phi) is 7.24. The Balaban J connectivity index is 1.88. The van der Waals surface area contributed by atoms with E-state index in [9.17, 15) is 9.59 Å². The summed E-state index contributed by atoms with van der Waals surface area (Å²) in [6.45, 7) is 4.37. The molecule has 4 N–H and O–H groups in total. The first kappa shape index (κ1) is 21.6. The molecule has 0 aliphatic carbocycles. The van der Waals surface area contributed by atoms with Crippen molar-refractivity contribution >= 4 is 17.4 Å². The van der Waals surface area contributed by atoms with Gasteiger partial charge in [0.15, 0.2) is 0 Å². The van der Waals surface area contributed by atoms with Gasteiger partial charge in [0.05, 0.1) is 0 Å². The van der Waals surface area contributed by atoms with Crippen molar-refractivity contribution in [3.63, 3.8) is 0 Å². The molecule has 1 saturated heterocycles. The number of nitrogens with zero attached hydrogens (tertiary/aromatic N) is 3. The summed E-state index contributed by atoms with van der Waals surface area (Å²) < 4.78 is 0. The van der Waals surface area contributed by atoms with Crippen LogP contribution in [0.25, 0.3) is 11.1 Å². The molecule has 1 amide bonds. The van der Waals surface area contributed by atoms with Gasteiger partial charge in [0.1, 0.15) is 11.5 Å². The zero-order chi connectivity index (χ0) is 21.5. The first-order valence-corrected chi connectivity index (χ1v) is 10.4. The number of nitrogens with two attached hydrogens (primary N) is 1. The first-order valence-electron chi connectivity index (χ1n) is 10.4. The SMILES string of the molecule is CCN(c1cc(-c2ccnc(NC)c2)c[nH]c1=O)[C@@H]1CCCN(C(=O)/C=C/CN)C1. The van der Waals surface area contributed by atoms with Crippen LogP contribution in [0.4, 0.5) is 11.5 Å². The van der Waals surface area contributed by atoms with Gasteiger partial charge < -0.3 is 25.8 Å². The van der Waals surface area contributed by atoms with Crippen LogP contribution in [0.3, 0.4) is 0 Å². The van der Waals surface area contributed by atoms with Gasteiger partial charge in [-0.05, 0) is 43.5 Å². The minimum absolute atomic E-state index is 0.0276. The molecule has 1 aliphatic rings. The molecule has 0 aromatic carbocycles. The average molecular weight is 411 g/mol. The number of pyridine rings is 2. The van der Waals surface area contributed by atoms with E-state index in [4.69, 9.17) is 5.73 Å². The van der Waals surface area contributed by atoms with Gasteiger partial charge in [0.2, 0.25) is 5.91 Å². The molecule has 160 valence electrons. The van der Waals surface area contributed by atoms with Gasteiger partial charge in [-0.15, -0.1) is 0 Å². The molecule has 2 aromatic heterocycles. The van der Waals surface area contributed by atoms with Crippen LogP contribution in [0.1, 0.15) is 19.8 Å². The number of aromatic nitrogens is 2. The molecule has 30 heavy (non-hydrogen) atoms. The molecule has 2 aromatic rings. The smallest absolute Gasteiger partial charge is 0.271 e. The van der Waals surface area contributed by atoms with Gasteiger partial charge in [-0.2, -0.15) is 0 Å². The van der Waals surface area contributed by atoms with E-state index in [0.717, 1.165) is 36.3 Å². The Morgan fingerprint density at radius 3 is 3.00 bits per heavy atom. The van der Waals surface area contributed by atoms with Crippen LogP contribution in [0.2, 0.25) is 0 Å². The molecule has 0 bridgehead atoms. The highest BCUT2D eigenvalue weighted by Gasteiger charge is 2.28. The highest BCUT2D eigenvalue weighted by Crippen LogP contribution is 2.26. The Hall–Kier alpha value is -3.13. The number of amides is 1. The molecule has 0 unspecified atom stereocenters. The van der Waals surface area contributed by atoms with Crippen molar-refractivity contribution < 1.29 is 4.79 Å². The van der Waals surface area contributed by atoms with Gasteiger partial charge >= 0.3 is 0 Å². The molecule has 3 rings (SSSR count). The van der Waals surface area contributed by atoms with Crippen molar-refractivity contribution in [3.05, 3.63) is 53.1 Å². The number of nitrogens with one attached hydrogen (secondary N) is 2. The summed E-state index contributed by atoms with van der Waals surface area (Å²) in [6.07, 6.45) is 8.50. The number of carbonyl (C=O) groups excluding carboxylic acids is 1. The monoisotopic (exact) mass is 410 g/mol. The Morgan fingerprint density at radius 2 is 2.27 bits per heavy atom. The second-order valence-electron chi connectivity index (χ2n) is 7.29. The topological polar surface area (TPSA) is 107 Å². The maximum Gasteiger partial charge on any atom is 0.271 e. The lowest BCUT2D eigenvalue weighted by atomic mass is 10.0. The van der Waals surface area contributed by atoms with Crippen molar-refractivity contribution in [2.75, 3.05) is 43.4 Å². The molecule has 8 nitrogen and oxygen atoms in total. The number of rotatable bonds is 7. The van der Waals surface area contributed by atoms with E-state index in [-0.39, 0.29) is 17.5 Å². The fourth-order valence-electron chi connectivity index (χ4n) is 3.91. The largest absolute Gasteiger partial charge is 0.373 e. The summed E-state index contributed by atoms with van der Waals surface area (Å²) in [5.74, 6) is 0.736. The predicted molar refractivity (Wildman–Crippen MR) is 121 cm³/mol. The number of anilines is 2. The quantitative estimate of drug-likeness (QED) is 0.601. The minimum atomic E-state index is -0.130. The van der Waals surface area contributed by atoms with Gasteiger partial charge in [-0.3, -0.25) is 9.59 Å². The number of piperidine rings is 1.